The van der Waals surface area contributed by atoms with Gasteiger partial charge in [0, 0.05) is 12.0 Å². The van der Waals surface area contributed by atoms with Crippen LogP contribution in [0.15, 0.2) is 48.5 Å². The maximum atomic E-state index is 12.4. The zero-order chi connectivity index (χ0) is 15.5. The Hall–Kier alpha value is -2.49. The zero-order valence-corrected chi connectivity index (χ0v) is 12.7. The Morgan fingerprint density at radius 2 is 1.86 bits per heavy atom. The number of ether oxygens (including phenoxy) is 2. The molecule has 2 atom stereocenters. The number of nitrogens with one attached hydrogen (secondary N) is 1. The van der Waals surface area contributed by atoms with Crippen molar-refractivity contribution in [2.24, 2.45) is 5.92 Å². The first-order valence-corrected chi connectivity index (χ1v) is 7.30. The summed E-state index contributed by atoms with van der Waals surface area (Å²) in [7, 11) is 3.18. The summed E-state index contributed by atoms with van der Waals surface area (Å²) in [5, 5.41) is 2.95. The third-order valence-corrected chi connectivity index (χ3v) is 4.02. The fourth-order valence-electron chi connectivity index (χ4n) is 2.69. The molecule has 0 spiro atoms. The lowest BCUT2D eigenvalue weighted by molar-refractivity contribution is -0.117. The third kappa shape index (κ3) is 2.91. The lowest BCUT2D eigenvalue weighted by Crippen LogP contribution is -2.15. The zero-order valence-electron chi connectivity index (χ0n) is 12.7. The van der Waals surface area contributed by atoms with Crippen LogP contribution in [0.4, 0.5) is 5.69 Å². The Labute approximate surface area is 130 Å². The van der Waals surface area contributed by atoms with Crippen LogP contribution < -0.4 is 14.8 Å². The SMILES string of the molecule is COc1ccc(OC)c(NC(=O)[C@@H]2C[C@@H]2c2ccccc2)c1. The van der Waals surface area contributed by atoms with Crippen LogP contribution in [0, 0.1) is 5.92 Å². The van der Waals surface area contributed by atoms with Gasteiger partial charge in [0.2, 0.25) is 5.91 Å². The molecule has 4 nitrogen and oxygen atoms in total. The Morgan fingerprint density at radius 3 is 2.55 bits per heavy atom. The first kappa shape index (κ1) is 14.4. The molecule has 3 rings (SSSR count). The van der Waals surface area contributed by atoms with Gasteiger partial charge in [0.1, 0.15) is 11.5 Å². The van der Waals surface area contributed by atoms with E-state index in [1.54, 1.807) is 32.4 Å². The van der Waals surface area contributed by atoms with E-state index >= 15 is 0 Å². The van der Waals surface area contributed by atoms with Crippen molar-refractivity contribution in [3.8, 4) is 11.5 Å². The Morgan fingerprint density at radius 1 is 1.09 bits per heavy atom. The molecule has 1 aliphatic rings. The Balaban J connectivity index is 1.71. The highest BCUT2D eigenvalue weighted by molar-refractivity contribution is 5.96. The van der Waals surface area contributed by atoms with Crippen molar-refractivity contribution in [2.45, 2.75) is 12.3 Å². The van der Waals surface area contributed by atoms with Crippen LogP contribution in [-0.4, -0.2) is 20.1 Å². The maximum absolute atomic E-state index is 12.4. The molecule has 0 unspecified atom stereocenters. The predicted molar refractivity (Wildman–Crippen MR) is 85.5 cm³/mol. The highest BCUT2D eigenvalue weighted by Gasteiger charge is 2.43. The van der Waals surface area contributed by atoms with Crippen LogP contribution >= 0.6 is 0 Å². The smallest absolute Gasteiger partial charge is 0.228 e. The summed E-state index contributed by atoms with van der Waals surface area (Å²) in [6, 6.07) is 15.5. The van der Waals surface area contributed by atoms with Crippen molar-refractivity contribution in [1.82, 2.24) is 0 Å². The molecular weight excluding hydrogens is 278 g/mol. The molecule has 0 radical (unpaired) electrons. The van der Waals surface area contributed by atoms with E-state index in [0.717, 1.165) is 6.42 Å². The minimum Gasteiger partial charge on any atom is -0.497 e. The van der Waals surface area contributed by atoms with E-state index in [-0.39, 0.29) is 11.8 Å². The average molecular weight is 297 g/mol. The molecule has 1 amide bonds. The van der Waals surface area contributed by atoms with Crippen molar-refractivity contribution in [3.63, 3.8) is 0 Å². The van der Waals surface area contributed by atoms with Crippen molar-refractivity contribution in [1.29, 1.82) is 0 Å². The molecule has 4 heteroatoms. The molecule has 1 aliphatic carbocycles. The maximum Gasteiger partial charge on any atom is 0.228 e. The number of rotatable bonds is 5. The van der Waals surface area contributed by atoms with Crippen LogP contribution in [0.25, 0.3) is 0 Å². The molecule has 1 saturated carbocycles. The quantitative estimate of drug-likeness (QED) is 0.919. The van der Waals surface area contributed by atoms with Gasteiger partial charge >= 0.3 is 0 Å². The van der Waals surface area contributed by atoms with Crippen molar-refractivity contribution in [3.05, 3.63) is 54.1 Å². The van der Waals surface area contributed by atoms with E-state index in [9.17, 15) is 4.79 Å². The van der Waals surface area contributed by atoms with Gasteiger partial charge in [0.15, 0.2) is 0 Å². The fourth-order valence-corrected chi connectivity index (χ4v) is 2.69. The normalized spacial score (nSPS) is 19.4. The highest BCUT2D eigenvalue weighted by atomic mass is 16.5. The molecular formula is C18H19NO3. The second-order valence-corrected chi connectivity index (χ2v) is 5.41. The topological polar surface area (TPSA) is 47.6 Å². The molecule has 2 aromatic rings. The van der Waals surface area contributed by atoms with Gasteiger partial charge < -0.3 is 14.8 Å². The van der Waals surface area contributed by atoms with Gasteiger partial charge in [-0.25, -0.2) is 0 Å². The molecule has 0 aromatic heterocycles. The monoisotopic (exact) mass is 297 g/mol. The van der Waals surface area contributed by atoms with Gasteiger partial charge in [-0.2, -0.15) is 0 Å². The number of hydrogen-bond donors (Lipinski definition) is 1. The summed E-state index contributed by atoms with van der Waals surface area (Å²) >= 11 is 0. The molecule has 0 saturated heterocycles. The minimum atomic E-state index is 0.0262. The van der Waals surface area contributed by atoms with Gasteiger partial charge in [-0.05, 0) is 30.0 Å². The summed E-state index contributed by atoms with van der Waals surface area (Å²) in [6.45, 7) is 0. The molecule has 22 heavy (non-hydrogen) atoms. The van der Waals surface area contributed by atoms with Gasteiger partial charge in [-0.3, -0.25) is 4.79 Å². The highest BCUT2D eigenvalue weighted by Crippen LogP contribution is 2.48. The van der Waals surface area contributed by atoms with E-state index in [4.69, 9.17) is 9.47 Å². The predicted octanol–water partition coefficient (Wildman–Crippen LogP) is 3.45. The van der Waals surface area contributed by atoms with Crippen LogP contribution in [0.3, 0.4) is 0 Å². The molecule has 114 valence electrons. The van der Waals surface area contributed by atoms with Crippen molar-refractivity contribution >= 4 is 11.6 Å². The van der Waals surface area contributed by atoms with E-state index in [2.05, 4.69) is 17.4 Å². The molecule has 1 fully saturated rings. The number of benzene rings is 2. The number of carbonyl (C=O) groups excluding carboxylic acids is 1. The lowest BCUT2D eigenvalue weighted by atomic mass is 10.1. The van der Waals surface area contributed by atoms with Crippen molar-refractivity contribution in [2.75, 3.05) is 19.5 Å². The number of carbonyl (C=O) groups is 1. The number of methoxy groups -OCH3 is 2. The first-order chi connectivity index (χ1) is 10.7. The Bertz CT molecular complexity index is 669. The van der Waals surface area contributed by atoms with Crippen LogP contribution in [-0.2, 0) is 4.79 Å². The molecule has 2 aromatic carbocycles. The summed E-state index contributed by atoms with van der Waals surface area (Å²) in [5.41, 5.74) is 1.87. The minimum absolute atomic E-state index is 0.0262. The van der Waals surface area contributed by atoms with Gasteiger partial charge in [0.25, 0.3) is 0 Å². The largest absolute Gasteiger partial charge is 0.497 e. The summed E-state index contributed by atoms with van der Waals surface area (Å²) < 4.78 is 10.5. The fraction of sp³-hybridized carbons (Fsp3) is 0.278. The van der Waals surface area contributed by atoms with Gasteiger partial charge in [-0.1, -0.05) is 30.3 Å². The molecule has 0 bridgehead atoms. The summed E-state index contributed by atoms with van der Waals surface area (Å²) in [4.78, 5) is 12.4. The molecule has 0 aliphatic heterocycles. The number of amides is 1. The molecule has 0 heterocycles. The van der Waals surface area contributed by atoms with E-state index in [1.165, 1.54) is 5.56 Å². The van der Waals surface area contributed by atoms with E-state index < -0.39 is 0 Å². The van der Waals surface area contributed by atoms with Crippen LogP contribution in [0.1, 0.15) is 17.9 Å². The van der Waals surface area contributed by atoms with Gasteiger partial charge in [-0.15, -0.1) is 0 Å². The van der Waals surface area contributed by atoms with Gasteiger partial charge in [0.05, 0.1) is 19.9 Å². The van der Waals surface area contributed by atoms with Crippen LogP contribution in [0.2, 0.25) is 0 Å². The number of hydrogen-bond acceptors (Lipinski definition) is 3. The van der Waals surface area contributed by atoms with E-state index in [0.29, 0.717) is 23.1 Å². The standard InChI is InChI=1S/C18H19NO3/c1-21-13-8-9-17(22-2)16(10-13)19-18(20)15-11-14(15)12-6-4-3-5-7-12/h3-10,14-15H,11H2,1-2H3,(H,19,20)/t14-,15-/m1/s1. The average Bonchev–Trinajstić information content (AvgIpc) is 3.36. The van der Waals surface area contributed by atoms with E-state index in [1.807, 2.05) is 18.2 Å². The summed E-state index contributed by atoms with van der Waals surface area (Å²) in [6.07, 6.45) is 0.891. The lowest BCUT2D eigenvalue weighted by Gasteiger charge is -2.11. The number of anilines is 1. The van der Waals surface area contributed by atoms with Crippen molar-refractivity contribution < 1.29 is 14.3 Å². The second-order valence-electron chi connectivity index (χ2n) is 5.41. The third-order valence-electron chi connectivity index (χ3n) is 4.02. The summed E-state index contributed by atoms with van der Waals surface area (Å²) in [5.74, 6) is 1.69. The molecule has 1 N–H and O–H groups in total. The van der Waals surface area contributed by atoms with Crippen LogP contribution in [0.5, 0.6) is 11.5 Å². The second kappa shape index (κ2) is 6.10. The first-order valence-electron chi connectivity index (χ1n) is 7.30. The Kier molecular flexibility index (Phi) is 4.00.